The van der Waals surface area contributed by atoms with Crippen molar-refractivity contribution in [3.8, 4) is 35.8 Å². The van der Waals surface area contributed by atoms with Gasteiger partial charge in [-0.05, 0) is 59.4 Å². The van der Waals surface area contributed by atoms with Crippen LogP contribution < -0.4 is 9.47 Å². The van der Waals surface area contributed by atoms with Crippen LogP contribution in [0.15, 0.2) is 71.8 Å². The van der Waals surface area contributed by atoms with E-state index in [-0.39, 0.29) is 11.1 Å². The molecule has 0 bridgehead atoms. The van der Waals surface area contributed by atoms with Crippen molar-refractivity contribution in [1.29, 1.82) is 21.0 Å². The number of benzene rings is 3. The number of allylic oxidation sites excluding steroid dienone is 2. The third-order valence-corrected chi connectivity index (χ3v) is 8.54. The van der Waals surface area contributed by atoms with Gasteiger partial charge in [0.15, 0.2) is 0 Å². The van der Waals surface area contributed by atoms with E-state index < -0.39 is 0 Å². The van der Waals surface area contributed by atoms with Gasteiger partial charge in [-0.25, -0.2) is 0 Å². The van der Waals surface area contributed by atoms with Crippen molar-refractivity contribution >= 4 is 36.5 Å². The molecule has 0 radical (unpaired) electrons. The molecule has 0 heterocycles. The first-order valence-corrected chi connectivity index (χ1v) is 18.6. The summed E-state index contributed by atoms with van der Waals surface area (Å²) < 4.78 is 12.9. The quantitative estimate of drug-likeness (QED) is 0.0589. The molecule has 3 aromatic rings. The maximum atomic E-state index is 9.10. The van der Waals surface area contributed by atoms with Crippen LogP contribution >= 0.6 is 0 Å². The van der Waals surface area contributed by atoms with Crippen LogP contribution in [-0.2, 0) is 0 Å². The number of rotatable bonds is 22. The van der Waals surface area contributed by atoms with Gasteiger partial charge >= 0.3 is 0 Å². The summed E-state index contributed by atoms with van der Waals surface area (Å²) in [5.74, 6) is 1.56. The Bertz CT molecular complexity index is 1670. The topological polar surface area (TPSA) is 114 Å². The minimum atomic E-state index is 0.0667. The van der Waals surface area contributed by atoms with E-state index in [9.17, 15) is 0 Å². The van der Waals surface area contributed by atoms with Gasteiger partial charge in [-0.1, -0.05) is 151 Å². The van der Waals surface area contributed by atoms with Crippen LogP contribution in [0.4, 0.5) is 0 Å². The van der Waals surface area contributed by atoms with Crippen molar-refractivity contribution in [2.75, 3.05) is 13.2 Å². The first-order valence-electron chi connectivity index (χ1n) is 18.6. The normalized spacial score (nSPS) is 10.6. The largest absolute Gasteiger partial charge is 0.493 e. The molecule has 0 aliphatic rings. The molecule has 0 aliphatic heterocycles. The Morgan fingerprint density at radius 2 is 0.788 bits per heavy atom. The molecular formula is C46H50N4O2. The summed E-state index contributed by atoms with van der Waals surface area (Å²) in [5, 5.41) is 36.4. The van der Waals surface area contributed by atoms with Gasteiger partial charge in [-0.3, -0.25) is 0 Å². The smallest absolute Gasteiger partial charge is 0.130 e. The van der Waals surface area contributed by atoms with E-state index in [2.05, 4.69) is 26.0 Å². The predicted octanol–water partition coefficient (Wildman–Crippen LogP) is 12.4. The number of hydrogen-bond acceptors (Lipinski definition) is 6. The summed E-state index contributed by atoms with van der Waals surface area (Å²) in [5.41, 5.74) is 5.51. The third kappa shape index (κ3) is 15.0. The molecule has 0 aromatic heterocycles. The molecule has 0 saturated heterocycles. The lowest BCUT2D eigenvalue weighted by Crippen LogP contribution is -2.03. The molecule has 0 amide bonds. The Morgan fingerprint density at radius 1 is 0.462 bits per heavy atom. The zero-order valence-electron chi connectivity index (χ0n) is 30.7. The van der Waals surface area contributed by atoms with Gasteiger partial charge < -0.3 is 9.47 Å². The second-order valence-electron chi connectivity index (χ2n) is 12.7. The monoisotopic (exact) mass is 690 g/mol. The van der Waals surface area contributed by atoms with Crippen molar-refractivity contribution in [3.05, 3.63) is 105 Å². The lowest BCUT2D eigenvalue weighted by atomic mass is 10.0. The summed E-state index contributed by atoms with van der Waals surface area (Å²) in [4.78, 5) is 0. The highest BCUT2D eigenvalue weighted by atomic mass is 16.5. The number of unbranched alkanes of at least 4 members (excludes halogenated alkanes) is 10. The van der Waals surface area contributed by atoms with Crippen LogP contribution in [0, 0.1) is 45.3 Å². The molecule has 3 aromatic carbocycles. The molecule has 6 heteroatoms. The van der Waals surface area contributed by atoms with Crippen molar-refractivity contribution in [2.24, 2.45) is 0 Å². The van der Waals surface area contributed by atoms with E-state index in [0.717, 1.165) is 70.6 Å². The summed E-state index contributed by atoms with van der Waals surface area (Å²) in [6.45, 7) is 5.70. The second-order valence-corrected chi connectivity index (χ2v) is 12.7. The predicted molar refractivity (Wildman–Crippen MR) is 213 cm³/mol. The first-order chi connectivity index (χ1) is 25.5. The molecular weight excluding hydrogens is 641 g/mol. The van der Waals surface area contributed by atoms with E-state index in [1.807, 2.05) is 97.1 Å². The summed E-state index contributed by atoms with van der Waals surface area (Å²) in [6.07, 6.45) is 25.4. The number of hydrogen-bond donors (Lipinski definition) is 0. The fraction of sp³-hybridized carbons (Fsp3) is 0.348. The fourth-order valence-electron chi connectivity index (χ4n) is 5.52. The maximum absolute atomic E-state index is 9.10. The Labute approximate surface area is 311 Å². The number of ether oxygens (including phenoxy) is 2. The second kappa shape index (κ2) is 24.3. The minimum absolute atomic E-state index is 0.0667. The molecule has 3 rings (SSSR count). The van der Waals surface area contributed by atoms with Gasteiger partial charge in [-0.2, -0.15) is 21.0 Å². The van der Waals surface area contributed by atoms with E-state index in [0.29, 0.717) is 13.2 Å². The SMILES string of the molecule is CCCCCCCCOc1cc(/C=C/c2ccc(C=C(C#N)C#N)cc2)c(OCCCCCCCC)cc1/C=C/c1ccc(C=C(C#N)C#N)cc1. The number of nitriles is 4. The Kier molecular flexibility index (Phi) is 19.0. The van der Waals surface area contributed by atoms with E-state index in [1.54, 1.807) is 12.2 Å². The van der Waals surface area contributed by atoms with Crippen LogP contribution in [0.3, 0.4) is 0 Å². The maximum Gasteiger partial charge on any atom is 0.130 e. The van der Waals surface area contributed by atoms with E-state index in [4.69, 9.17) is 30.5 Å². The fourth-order valence-corrected chi connectivity index (χ4v) is 5.52. The molecule has 0 saturated carbocycles. The van der Waals surface area contributed by atoms with Gasteiger partial charge in [0.05, 0.1) is 13.2 Å². The highest BCUT2D eigenvalue weighted by molar-refractivity contribution is 5.79. The first kappa shape index (κ1) is 40.6. The van der Waals surface area contributed by atoms with Crippen LogP contribution in [0.2, 0.25) is 0 Å². The molecule has 0 N–H and O–H groups in total. The molecule has 266 valence electrons. The third-order valence-electron chi connectivity index (χ3n) is 8.54. The van der Waals surface area contributed by atoms with E-state index >= 15 is 0 Å². The molecule has 52 heavy (non-hydrogen) atoms. The van der Waals surface area contributed by atoms with Crippen LogP contribution in [0.5, 0.6) is 11.5 Å². The average molecular weight is 691 g/mol. The van der Waals surface area contributed by atoms with Gasteiger partial charge in [0.25, 0.3) is 0 Å². The van der Waals surface area contributed by atoms with Gasteiger partial charge in [0, 0.05) is 11.1 Å². The van der Waals surface area contributed by atoms with Gasteiger partial charge in [0.2, 0.25) is 0 Å². The Balaban J connectivity index is 1.93. The van der Waals surface area contributed by atoms with Crippen molar-refractivity contribution < 1.29 is 9.47 Å². The molecule has 0 fully saturated rings. The van der Waals surface area contributed by atoms with Crippen molar-refractivity contribution in [1.82, 2.24) is 0 Å². The molecule has 0 aliphatic carbocycles. The van der Waals surface area contributed by atoms with E-state index in [1.165, 1.54) is 51.4 Å². The summed E-state index contributed by atoms with van der Waals surface area (Å²) in [7, 11) is 0. The highest BCUT2D eigenvalue weighted by Gasteiger charge is 2.11. The highest BCUT2D eigenvalue weighted by Crippen LogP contribution is 2.33. The number of nitrogens with zero attached hydrogens (tertiary/aromatic N) is 4. The summed E-state index contributed by atoms with van der Waals surface area (Å²) >= 11 is 0. The van der Waals surface area contributed by atoms with Crippen LogP contribution in [-0.4, -0.2) is 13.2 Å². The van der Waals surface area contributed by atoms with Crippen LogP contribution in [0.25, 0.3) is 36.5 Å². The molecule has 0 unspecified atom stereocenters. The van der Waals surface area contributed by atoms with Crippen LogP contribution in [0.1, 0.15) is 124 Å². The van der Waals surface area contributed by atoms with Crippen molar-refractivity contribution in [2.45, 2.75) is 90.9 Å². The lowest BCUT2D eigenvalue weighted by molar-refractivity contribution is 0.295. The zero-order valence-corrected chi connectivity index (χ0v) is 30.7. The molecule has 6 nitrogen and oxygen atoms in total. The Hall–Kier alpha value is -5.82. The Morgan fingerprint density at radius 3 is 1.13 bits per heavy atom. The summed E-state index contributed by atoms with van der Waals surface area (Å²) in [6, 6.07) is 27.1. The van der Waals surface area contributed by atoms with Crippen molar-refractivity contribution in [3.63, 3.8) is 0 Å². The molecule has 0 atom stereocenters. The molecule has 0 spiro atoms. The minimum Gasteiger partial charge on any atom is -0.493 e. The van der Waals surface area contributed by atoms with Gasteiger partial charge in [0.1, 0.15) is 46.9 Å². The average Bonchev–Trinajstić information content (AvgIpc) is 3.18. The van der Waals surface area contributed by atoms with Gasteiger partial charge in [-0.15, -0.1) is 0 Å². The zero-order chi connectivity index (χ0) is 37.2. The standard InChI is InChI=1S/C46H50N4O2/c1-3-5-7-9-11-13-27-51-45-31-44(26-24-38-17-21-40(22-18-38)30-42(35-49)36-50)46(52-28-14-12-10-8-6-4-2)32-43(45)25-23-37-15-19-39(20-16-37)29-41(33-47)34-48/h15-26,29-32H,3-14,27-28H2,1-2H3/b25-23+,26-24+. The lowest BCUT2D eigenvalue weighted by Gasteiger charge is -2.15.